The number of ether oxygens (including phenoxy) is 1. The van der Waals surface area contributed by atoms with Crippen LogP contribution >= 0.6 is 11.3 Å². The van der Waals surface area contributed by atoms with E-state index in [9.17, 15) is 0 Å². The Balaban J connectivity index is 1.61. The van der Waals surface area contributed by atoms with E-state index >= 15 is 0 Å². The predicted octanol–water partition coefficient (Wildman–Crippen LogP) is 4.58. The van der Waals surface area contributed by atoms with E-state index < -0.39 is 0 Å². The van der Waals surface area contributed by atoms with Gasteiger partial charge in [-0.2, -0.15) is 0 Å². The molecule has 2 N–H and O–H groups in total. The van der Waals surface area contributed by atoms with Gasteiger partial charge in [0.2, 0.25) is 0 Å². The first-order valence-corrected chi connectivity index (χ1v) is 8.65. The van der Waals surface area contributed by atoms with Gasteiger partial charge >= 0.3 is 0 Å². The van der Waals surface area contributed by atoms with Gasteiger partial charge in [0.15, 0.2) is 0 Å². The third-order valence-electron chi connectivity index (χ3n) is 3.66. The maximum Gasteiger partial charge on any atom is 0.122 e. The van der Waals surface area contributed by atoms with Crippen LogP contribution in [-0.2, 0) is 12.8 Å². The van der Waals surface area contributed by atoms with E-state index in [1.165, 1.54) is 5.56 Å². The molecule has 1 aromatic heterocycles. The molecule has 0 saturated heterocycles. The third kappa shape index (κ3) is 3.90. The van der Waals surface area contributed by atoms with Crippen LogP contribution < -0.4 is 10.5 Å². The van der Waals surface area contributed by atoms with Gasteiger partial charge in [0.25, 0.3) is 0 Å². The lowest BCUT2D eigenvalue weighted by Crippen LogP contribution is -2.03. The lowest BCUT2D eigenvalue weighted by atomic mass is 10.1. The number of aryl methyl sites for hydroxylation is 1. The molecule has 0 aliphatic heterocycles. The summed E-state index contributed by atoms with van der Waals surface area (Å²) in [6.45, 7) is 2.78. The monoisotopic (exact) mass is 324 g/mol. The molecule has 23 heavy (non-hydrogen) atoms. The van der Waals surface area contributed by atoms with Crippen LogP contribution in [0.5, 0.6) is 5.75 Å². The van der Waals surface area contributed by atoms with Crippen LogP contribution in [-0.4, -0.2) is 11.6 Å². The molecule has 4 heteroatoms. The summed E-state index contributed by atoms with van der Waals surface area (Å²) in [6.07, 6.45) is 1.79. The van der Waals surface area contributed by atoms with Gasteiger partial charge in [-0.3, -0.25) is 0 Å². The number of thiazole rings is 1. The molecule has 0 amide bonds. The highest BCUT2D eigenvalue weighted by Gasteiger charge is 2.06. The Morgan fingerprint density at radius 2 is 2.00 bits per heavy atom. The second-order valence-corrected chi connectivity index (χ2v) is 6.25. The van der Waals surface area contributed by atoms with Crippen molar-refractivity contribution in [2.24, 2.45) is 0 Å². The van der Waals surface area contributed by atoms with Crippen LogP contribution in [0.1, 0.15) is 17.5 Å². The zero-order valence-corrected chi connectivity index (χ0v) is 14.0. The molecule has 0 unspecified atom stereocenters. The second kappa shape index (κ2) is 7.29. The molecule has 3 nitrogen and oxygen atoms in total. The number of anilines is 1. The fourth-order valence-electron chi connectivity index (χ4n) is 2.44. The summed E-state index contributed by atoms with van der Waals surface area (Å²) in [6, 6.07) is 16.0. The molecule has 1 heterocycles. The van der Waals surface area contributed by atoms with Crippen LogP contribution in [0, 0.1) is 0 Å². The fraction of sp³-hybridized carbons (Fsp3) is 0.211. The van der Waals surface area contributed by atoms with Crippen molar-refractivity contribution in [3.8, 4) is 17.0 Å². The molecule has 0 aliphatic rings. The average molecular weight is 324 g/mol. The molecule has 0 bridgehead atoms. The van der Waals surface area contributed by atoms with E-state index in [2.05, 4.69) is 23.4 Å². The fourth-order valence-corrected chi connectivity index (χ4v) is 3.23. The normalized spacial score (nSPS) is 10.7. The number of hydrogen-bond acceptors (Lipinski definition) is 4. The van der Waals surface area contributed by atoms with Gasteiger partial charge in [-0.1, -0.05) is 37.3 Å². The van der Waals surface area contributed by atoms with Gasteiger partial charge in [-0.25, -0.2) is 4.98 Å². The summed E-state index contributed by atoms with van der Waals surface area (Å²) in [5, 5.41) is 3.15. The maximum atomic E-state index is 5.91. The van der Waals surface area contributed by atoms with Crippen molar-refractivity contribution in [2.75, 3.05) is 12.3 Å². The Bertz CT molecular complexity index is 782. The zero-order valence-electron chi connectivity index (χ0n) is 13.2. The van der Waals surface area contributed by atoms with E-state index in [4.69, 9.17) is 10.5 Å². The van der Waals surface area contributed by atoms with Crippen molar-refractivity contribution in [1.29, 1.82) is 0 Å². The van der Waals surface area contributed by atoms with Crippen molar-refractivity contribution in [2.45, 2.75) is 19.8 Å². The summed E-state index contributed by atoms with van der Waals surface area (Å²) in [7, 11) is 0. The van der Waals surface area contributed by atoms with Gasteiger partial charge in [0, 0.05) is 23.1 Å². The standard InChI is InChI=1S/C19H20N2OS/c1-2-14-6-3-4-9-18(14)22-11-10-19-21-17(13-23-19)15-7-5-8-16(20)12-15/h3-9,12-13H,2,10-11,20H2,1H3. The molecular formula is C19H20N2OS. The smallest absolute Gasteiger partial charge is 0.122 e. The van der Waals surface area contributed by atoms with Gasteiger partial charge in [0.05, 0.1) is 17.3 Å². The lowest BCUT2D eigenvalue weighted by molar-refractivity contribution is 0.318. The molecule has 3 aromatic rings. The minimum Gasteiger partial charge on any atom is -0.493 e. The Labute approximate surface area is 140 Å². The van der Waals surface area contributed by atoms with Crippen molar-refractivity contribution in [3.05, 3.63) is 64.5 Å². The van der Waals surface area contributed by atoms with Gasteiger partial charge < -0.3 is 10.5 Å². The van der Waals surface area contributed by atoms with Crippen LogP contribution in [0.25, 0.3) is 11.3 Å². The first-order chi connectivity index (χ1) is 11.3. The average Bonchev–Trinajstić information content (AvgIpc) is 3.04. The number of nitrogen functional groups attached to an aromatic ring is 1. The van der Waals surface area contributed by atoms with Crippen LogP contribution in [0.15, 0.2) is 53.9 Å². The number of nitrogens with zero attached hydrogens (tertiary/aromatic N) is 1. The zero-order chi connectivity index (χ0) is 16.1. The Kier molecular flexibility index (Phi) is 4.93. The number of nitrogens with two attached hydrogens (primary N) is 1. The number of hydrogen-bond donors (Lipinski definition) is 1. The minimum atomic E-state index is 0.640. The van der Waals surface area contributed by atoms with Gasteiger partial charge in [0.1, 0.15) is 5.75 Å². The first-order valence-electron chi connectivity index (χ1n) is 7.77. The van der Waals surface area contributed by atoms with Crippen molar-refractivity contribution >= 4 is 17.0 Å². The molecule has 0 radical (unpaired) electrons. The molecule has 118 valence electrons. The molecule has 0 atom stereocenters. The van der Waals surface area contributed by atoms with E-state index in [0.717, 1.165) is 40.5 Å². The van der Waals surface area contributed by atoms with Crippen molar-refractivity contribution in [1.82, 2.24) is 4.98 Å². The molecule has 2 aromatic carbocycles. The molecule has 0 aliphatic carbocycles. The number of aromatic nitrogens is 1. The predicted molar refractivity (Wildman–Crippen MR) is 97.0 cm³/mol. The quantitative estimate of drug-likeness (QED) is 0.675. The molecule has 0 spiro atoms. The maximum absolute atomic E-state index is 5.91. The van der Waals surface area contributed by atoms with E-state index in [0.29, 0.717) is 6.61 Å². The molecule has 0 saturated carbocycles. The van der Waals surface area contributed by atoms with Crippen LogP contribution in [0.2, 0.25) is 0 Å². The van der Waals surface area contributed by atoms with Gasteiger partial charge in [-0.05, 0) is 30.2 Å². The van der Waals surface area contributed by atoms with Crippen molar-refractivity contribution < 1.29 is 4.74 Å². The van der Waals surface area contributed by atoms with E-state index in [1.54, 1.807) is 11.3 Å². The number of rotatable bonds is 6. The molecule has 3 rings (SSSR count). The Morgan fingerprint density at radius 1 is 1.13 bits per heavy atom. The molecular weight excluding hydrogens is 304 g/mol. The van der Waals surface area contributed by atoms with Crippen LogP contribution in [0.3, 0.4) is 0 Å². The summed E-state index contributed by atoms with van der Waals surface area (Å²) in [5.74, 6) is 0.975. The number of para-hydroxylation sites is 1. The van der Waals surface area contributed by atoms with Crippen molar-refractivity contribution in [3.63, 3.8) is 0 Å². The largest absolute Gasteiger partial charge is 0.493 e. The second-order valence-electron chi connectivity index (χ2n) is 5.31. The Morgan fingerprint density at radius 3 is 2.83 bits per heavy atom. The minimum absolute atomic E-state index is 0.640. The topological polar surface area (TPSA) is 48.1 Å². The number of benzene rings is 2. The SMILES string of the molecule is CCc1ccccc1OCCc1nc(-c2cccc(N)c2)cs1. The summed E-state index contributed by atoms with van der Waals surface area (Å²) in [5.41, 5.74) is 9.87. The van der Waals surface area contributed by atoms with E-state index in [-0.39, 0.29) is 0 Å². The first kappa shape index (κ1) is 15.6. The Hall–Kier alpha value is -2.33. The third-order valence-corrected chi connectivity index (χ3v) is 4.57. The summed E-state index contributed by atoms with van der Waals surface area (Å²) >= 11 is 1.66. The highest BCUT2D eigenvalue weighted by Crippen LogP contribution is 2.24. The van der Waals surface area contributed by atoms with Crippen LogP contribution in [0.4, 0.5) is 5.69 Å². The summed E-state index contributed by atoms with van der Waals surface area (Å²) < 4.78 is 5.91. The highest BCUT2D eigenvalue weighted by molar-refractivity contribution is 7.09. The van der Waals surface area contributed by atoms with E-state index in [1.807, 2.05) is 42.5 Å². The summed E-state index contributed by atoms with van der Waals surface area (Å²) in [4.78, 5) is 4.68. The molecule has 0 fully saturated rings. The van der Waals surface area contributed by atoms with Gasteiger partial charge in [-0.15, -0.1) is 11.3 Å². The lowest BCUT2D eigenvalue weighted by Gasteiger charge is -2.09. The highest BCUT2D eigenvalue weighted by atomic mass is 32.1.